The van der Waals surface area contributed by atoms with Crippen LogP contribution in [0.3, 0.4) is 0 Å². The topological polar surface area (TPSA) is 74.4 Å². The summed E-state index contributed by atoms with van der Waals surface area (Å²) in [6.07, 6.45) is 3.19. The van der Waals surface area contributed by atoms with Gasteiger partial charge in [0.15, 0.2) is 10.5 Å². The maximum atomic E-state index is 11.4. The minimum Gasteiger partial charge on any atom is -0.296 e. The predicted molar refractivity (Wildman–Crippen MR) is 53.3 cm³/mol. The Morgan fingerprint density at radius 2 is 2.29 bits per heavy atom. The lowest BCUT2D eigenvalue weighted by Gasteiger charge is -1.96. The van der Waals surface area contributed by atoms with Gasteiger partial charge in [-0.3, -0.25) is 19.9 Å². The molecule has 0 fully saturated rings. The van der Waals surface area contributed by atoms with Crippen molar-refractivity contribution in [1.29, 1.82) is 0 Å². The molecule has 2 aromatic heterocycles. The molecule has 0 aliphatic heterocycles. The first-order chi connectivity index (χ1) is 6.77. The summed E-state index contributed by atoms with van der Waals surface area (Å²) >= 11 is 4.72. The molecular formula is C8H6N4OS. The molecule has 0 atom stereocenters. The minimum absolute atomic E-state index is 0.211. The van der Waals surface area contributed by atoms with Crippen molar-refractivity contribution in [2.24, 2.45) is 0 Å². The molecule has 0 amide bonds. The number of pyridine rings is 1. The summed E-state index contributed by atoms with van der Waals surface area (Å²) in [7, 11) is 0. The lowest BCUT2D eigenvalue weighted by atomic mass is 10.2. The Kier molecular flexibility index (Phi) is 2.19. The zero-order chi connectivity index (χ0) is 9.97. The van der Waals surface area contributed by atoms with Crippen LogP contribution in [0.4, 0.5) is 0 Å². The van der Waals surface area contributed by atoms with Crippen LogP contribution in [0.15, 0.2) is 29.3 Å². The number of hydrogen-bond acceptors (Lipinski definition) is 4. The van der Waals surface area contributed by atoms with Gasteiger partial charge in [-0.2, -0.15) is 5.10 Å². The third kappa shape index (κ3) is 1.60. The number of hydrogen-bond donors (Lipinski definition) is 2. The third-order valence-corrected chi connectivity index (χ3v) is 1.84. The van der Waals surface area contributed by atoms with E-state index in [-0.39, 0.29) is 16.0 Å². The largest absolute Gasteiger partial charge is 0.296 e. The van der Waals surface area contributed by atoms with E-state index < -0.39 is 0 Å². The lowest BCUT2D eigenvalue weighted by molar-refractivity contribution is 0.930. The van der Waals surface area contributed by atoms with E-state index in [1.165, 1.54) is 0 Å². The molecule has 0 aromatic carbocycles. The van der Waals surface area contributed by atoms with Gasteiger partial charge in [0.1, 0.15) is 0 Å². The Morgan fingerprint density at radius 3 is 2.93 bits per heavy atom. The molecule has 0 unspecified atom stereocenters. The predicted octanol–water partition coefficient (Wildman–Crippen LogP) is 0.889. The molecule has 0 saturated heterocycles. The van der Waals surface area contributed by atoms with E-state index in [1.54, 1.807) is 24.5 Å². The van der Waals surface area contributed by atoms with Crippen molar-refractivity contribution in [1.82, 2.24) is 20.2 Å². The van der Waals surface area contributed by atoms with Crippen molar-refractivity contribution in [3.63, 3.8) is 0 Å². The number of H-pyrrole nitrogens is 2. The highest BCUT2D eigenvalue weighted by Gasteiger charge is 2.03. The Bertz CT molecular complexity index is 545. The Balaban J connectivity index is 2.64. The first kappa shape index (κ1) is 8.76. The quantitative estimate of drug-likeness (QED) is 0.679. The number of rotatable bonds is 1. The minimum atomic E-state index is -0.318. The van der Waals surface area contributed by atoms with Gasteiger partial charge in [-0.1, -0.05) is 0 Å². The van der Waals surface area contributed by atoms with Crippen molar-refractivity contribution in [2.75, 3.05) is 0 Å². The van der Waals surface area contributed by atoms with E-state index in [0.717, 1.165) is 0 Å². The van der Waals surface area contributed by atoms with Gasteiger partial charge in [-0.15, -0.1) is 0 Å². The van der Waals surface area contributed by atoms with Crippen LogP contribution in [-0.4, -0.2) is 20.2 Å². The summed E-state index contributed by atoms with van der Waals surface area (Å²) in [6, 6.07) is 3.49. The van der Waals surface area contributed by atoms with Gasteiger partial charge in [-0.05, 0) is 24.4 Å². The van der Waals surface area contributed by atoms with E-state index in [0.29, 0.717) is 5.56 Å². The van der Waals surface area contributed by atoms with Crippen LogP contribution in [0.5, 0.6) is 0 Å². The van der Waals surface area contributed by atoms with E-state index in [1.807, 2.05) is 0 Å². The SMILES string of the molecule is O=c1[nH]c(=S)[nH]nc1-c1cccnc1. The molecule has 0 aliphatic rings. The van der Waals surface area contributed by atoms with Crippen LogP contribution in [0.25, 0.3) is 11.3 Å². The maximum Gasteiger partial charge on any atom is 0.278 e. The van der Waals surface area contributed by atoms with Crippen molar-refractivity contribution < 1.29 is 0 Å². The molecule has 2 heterocycles. The summed E-state index contributed by atoms with van der Waals surface area (Å²) in [4.78, 5) is 17.8. The zero-order valence-electron chi connectivity index (χ0n) is 7.02. The van der Waals surface area contributed by atoms with Gasteiger partial charge >= 0.3 is 0 Å². The first-order valence-electron chi connectivity index (χ1n) is 3.87. The summed E-state index contributed by atoms with van der Waals surface area (Å²) in [6.45, 7) is 0. The molecule has 0 spiro atoms. The van der Waals surface area contributed by atoms with Crippen LogP contribution >= 0.6 is 12.2 Å². The van der Waals surface area contributed by atoms with Crippen LogP contribution < -0.4 is 5.56 Å². The fourth-order valence-electron chi connectivity index (χ4n) is 1.05. The number of aromatic amines is 2. The molecule has 14 heavy (non-hydrogen) atoms. The molecule has 0 radical (unpaired) electrons. The molecular weight excluding hydrogens is 200 g/mol. The summed E-state index contributed by atoms with van der Waals surface area (Å²) in [5.41, 5.74) is 0.619. The number of nitrogens with one attached hydrogen (secondary N) is 2. The molecule has 6 heteroatoms. The monoisotopic (exact) mass is 206 g/mol. The summed E-state index contributed by atoms with van der Waals surface area (Å²) < 4.78 is 0.211. The molecule has 0 bridgehead atoms. The van der Waals surface area contributed by atoms with Crippen LogP contribution in [0.1, 0.15) is 0 Å². The molecule has 0 saturated carbocycles. The third-order valence-electron chi connectivity index (χ3n) is 1.65. The summed E-state index contributed by atoms with van der Waals surface area (Å²) in [5.74, 6) is 0. The van der Waals surface area contributed by atoms with E-state index in [2.05, 4.69) is 20.2 Å². The van der Waals surface area contributed by atoms with Crippen LogP contribution in [0.2, 0.25) is 0 Å². The van der Waals surface area contributed by atoms with Gasteiger partial charge in [0.25, 0.3) is 5.56 Å². The summed E-state index contributed by atoms with van der Waals surface area (Å²) in [5, 5.41) is 6.36. The van der Waals surface area contributed by atoms with Gasteiger partial charge in [0, 0.05) is 18.0 Å². The van der Waals surface area contributed by atoms with Crippen LogP contribution in [0, 0.1) is 4.77 Å². The lowest BCUT2D eigenvalue weighted by Crippen LogP contribution is -2.12. The number of nitrogens with zero attached hydrogens (tertiary/aromatic N) is 2. The van der Waals surface area contributed by atoms with Gasteiger partial charge in [0.2, 0.25) is 0 Å². The van der Waals surface area contributed by atoms with E-state index in [9.17, 15) is 4.79 Å². The molecule has 5 nitrogen and oxygen atoms in total. The van der Waals surface area contributed by atoms with Crippen molar-refractivity contribution in [3.05, 3.63) is 39.7 Å². The molecule has 2 N–H and O–H groups in total. The van der Waals surface area contributed by atoms with Crippen molar-refractivity contribution in [3.8, 4) is 11.3 Å². The van der Waals surface area contributed by atoms with E-state index >= 15 is 0 Å². The highest BCUT2D eigenvalue weighted by atomic mass is 32.1. The average molecular weight is 206 g/mol. The van der Waals surface area contributed by atoms with Gasteiger partial charge < -0.3 is 0 Å². The van der Waals surface area contributed by atoms with Crippen LogP contribution in [-0.2, 0) is 0 Å². The fourth-order valence-corrected chi connectivity index (χ4v) is 1.18. The normalized spacial score (nSPS) is 10.0. The van der Waals surface area contributed by atoms with E-state index in [4.69, 9.17) is 12.2 Å². The smallest absolute Gasteiger partial charge is 0.278 e. The second-order valence-electron chi connectivity index (χ2n) is 2.60. The second kappa shape index (κ2) is 3.51. The average Bonchev–Trinajstić information content (AvgIpc) is 2.19. The van der Waals surface area contributed by atoms with Gasteiger partial charge in [0.05, 0.1) is 0 Å². The van der Waals surface area contributed by atoms with Gasteiger partial charge in [-0.25, -0.2) is 0 Å². The Hall–Kier alpha value is -1.82. The highest BCUT2D eigenvalue weighted by Crippen LogP contribution is 2.07. The highest BCUT2D eigenvalue weighted by molar-refractivity contribution is 7.71. The number of aromatic nitrogens is 4. The second-order valence-corrected chi connectivity index (χ2v) is 3.01. The Labute approximate surface area is 83.9 Å². The first-order valence-corrected chi connectivity index (χ1v) is 4.27. The fraction of sp³-hybridized carbons (Fsp3) is 0. The standard InChI is InChI=1S/C8H6N4OS/c13-7-6(11-12-8(14)10-7)5-2-1-3-9-4-5/h1-4H,(H2,10,12,13,14). The van der Waals surface area contributed by atoms with Crippen molar-refractivity contribution >= 4 is 12.2 Å². The maximum absolute atomic E-state index is 11.4. The van der Waals surface area contributed by atoms with Crippen molar-refractivity contribution in [2.45, 2.75) is 0 Å². The molecule has 0 aliphatic carbocycles. The Morgan fingerprint density at radius 1 is 1.43 bits per heavy atom. The molecule has 2 aromatic rings. The zero-order valence-corrected chi connectivity index (χ0v) is 7.84. The molecule has 70 valence electrons. The molecule has 2 rings (SSSR count).